The largest absolute Gasteiger partial charge is 0.455 e. The molecule has 4 bridgehead atoms. The summed E-state index contributed by atoms with van der Waals surface area (Å²) in [6.07, 6.45) is 9.98. The Bertz CT molecular complexity index is 601. The van der Waals surface area contributed by atoms with Crippen LogP contribution in [0.4, 0.5) is 0 Å². The van der Waals surface area contributed by atoms with Gasteiger partial charge in [0.05, 0.1) is 0 Å². The third-order valence-corrected chi connectivity index (χ3v) is 6.97. The molecule has 0 aromatic heterocycles. The van der Waals surface area contributed by atoms with Gasteiger partial charge in [-0.25, -0.2) is 0 Å². The zero-order valence-corrected chi connectivity index (χ0v) is 14.2. The molecule has 5 aliphatic rings. The average molecular weight is 361 g/mol. The minimum absolute atomic E-state index is 0.279. The summed E-state index contributed by atoms with van der Waals surface area (Å²) < 4.78 is 13.3. The molecule has 0 spiro atoms. The van der Waals surface area contributed by atoms with E-state index >= 15 is 0 Å². The van der Waals surface area contributed by atoms with Crippen LogP contribution in [0.5, 0.6) is 0 Å². The first-order valence-electron chi connectivity index (χ1n) is 8.49. The highest BCUT2D eigenvalue weighted by molar-refractivity contribution is 9.10. The number of benzene rings is 1. The minimum atomic E-state index is -0.279. The molecule has 1 heterocycles. The highest BCUT2D eigenvalue weighted by atomic mass is 79.9. The molecule has 4 aliphatic carbocycles. The Hall–Kier alpha value is -0.960. The van der Waals surface area contributed by atoms with Gasteiger partial charge in [0.1, 0.15) is 12.0 Å². The Labute approximate surface area is 140 Å². The van der Waals surface area contributed by atoms with Crippen LogP contribution in [0.25, 0.3) is 0 Å². The highest BCUT2D eigenvalue weighted by Gasteiger charge is 2.54. The van der Waals surface area contributed by atoms with E-state index in [1.807, 2.05) is 24.5 Å². The predicted octanol–water partition coefficient (Wildman–Crippen LogP) is 5.55. The maximum absolute atomic E-state index is 6.32. The SMILES string of the molecule is Brc1ccccc1C1OC=C(C23CC4CC(CC(C4)C2)C3)O1. The zero-order valence-electron chi connectivity index (χ0n) is 12.6. The summed E-state index contributed by atoms with van der Waals surface area (Å²) in [6, 6.07) is 8.18. The van der Waals surface area contributed by atoms with E-state index in [9.17, 15) is 0 Å². The second-order valence-corrected chi connectivity index (χ2v) is 8.64. The van der Waals surface area contributed by atoms with Gasteiger partial charge in [-0.1, -0.05) is 34.1 Å². The fourth-order valence-corrected chi connectivity index (χ4v) is 6.23. The fraction of sp³-hybridized carbons (Fsp3) is 0.579. The van der Waals surface area contributed by atoms with Gasteiger partial charge in [0.15, 0.2) is 0 Å². The molecule has 0 N–H and O–H groups in total. The molecular weight excluding hydrogens is 340 g/mol. The van der Waals surface area contributed by atoms with E-state index in [0.29, 0.717) is 0 Å². The average Bonchev–Trinajstić information content (AvgIpc) is 2.97. The lowest BCUT2D eigenvalue weighted by Gasteiger charge is -2.56. The molecule has 2 nitrogen and oxygen atoms in total. The van der Waals surface area contributed by atoms with Gasteiger partial charge in [-0.15, -0.1) is 0 Å². The molecule has 22 heavy (non-hydrogen) atoms. The third-order valence-electron chi connectivity index (χ3n) is 6.25. The smallest absolute Gasteiger partial charge is 0.267 e. The van der Waals surface area contributed by atoms with Crippen molar-refractivity contribution in [2.45, 2.75) is 44.8 Å². The molecule has 1 aliphatic heterocycles. The number of ether oxygens (including phenoxy) is 2. The van der Waals surface area contributed by atoms with Crippen LogP contribution in [-0.2, 0) is 9.47 Å². The normalized spacial score (nSPS) is 42.0. The monoisotopic (exact) mass is 360 g/mol. The van der Waals surface area contributed by atoms with Gasteiger partial charge in [-0.3, -0.25) is 0 Å². The summed E-state index contributed by atoms with van der Waals surface area (Å²) in [4.78, 5) is 0. The number of rotatable bonds is 2. The first kappa shape index (κ1) is 13.5. The molecule has 0 radical (unpaired) electrons. The Kier molecular flexibility index (Phi) is 2.92. The lowest BCUT2D eigenvalue weighted by atomic mass is 9.49. The predicted molar refractivity (Wildman–Crippen MR) is 87.7 cm³/mol. The Morgan fingerprint density at radius 3 is 2.23 bits per heavy atom. The lowest BCUT2D eigenvalue weighted by molar-refractivity contribution is -0.0923. The molecular formula is C19H21BrO2. The van der Waals surface area contributed by atoms with Crippen molar-refractivity contribution in [1.29, 1.82) is 0 Å². The number of hydrogen-bond donors (Lipinski definition) is 0. The number of halogens is 1. The summed E-state index contributed by atoms with van der Waals surface area (Å²) >= 11 is 3.61. The van der Waals surface area contributed by atoms with Crippen molar-refractivity contribution in [3.05, 3.63) is 46.3 Å². The summed E-state index contributed by atoms with van der Waals surface area (Å²) in [5.41, 5.74) is 1.36. The van der Waals surface area contributed by atoms with Crippen molar-refractivity contribution < 1.29 is 9.47 Å². The minimum Gasteiger partial charge on any atom is -0.455 e. The maximum atomic E-state index is 6.32. The van der Waals surface area contributed by atoms with Gasteiger partial charge in [0, 0.05) is 15.5 Å². The Morgan fingerprint density at radius 2 is 1.59 bits per heavy atom. The molecule has 1 atom stereocenters. The summed E-state index contributed by atoms with van der Waals surface area (Å²) in [5.74, 6) is 3.92. The van der Waals surface area contributed by atoms with E-state index in [0.717, 1.165) is 33.5 Å². The van der Waals surface area contributed by atoms with Crippen LogP contribution in [0.15, 0.2) is 40.8 Å². The highest BCUT2D eigenvalue weighted by Crippen LogP contribution is 2.63. The van der Waals surface area contributed by atoms with Crippen LogP contribution < -0.4 is 0 Å². The quantitative estimate of drug-likeness (QED) is 0.687. The van der Waals surface area contributed by atoms with Crippen LogP contribution in [0.2, 0.25) is 0 Å². The van der Waals surface area contributed by atoms with Crippen LogP contribution in [-0.4, -0.2) is 0 Å². The van der Waals surface area contributed by atoms with E-state index in [1.54, 1.807) is 0 Å². The maximum Gasteiger partial charge on any atom is 0.267 e. The fourth-order valence-electron chi connectivity index (χ4n) is 5.76. The topological polar surface area (TPSA) is 18.5 Å². The van der Waals surface area contributed by atoms with Crippen LogP contribution in [0.1, 0.15) is 50.4 Å². The molecule has 1 aromatic rings. The van der Waals surface area contributed by atoms with E-state index in [-0.39, 0.29) is 11.7 Å². The van der Waals surface area contributed by atoms with Crippen molar-refractivity contribution >= 4 is 15.9 Å². The van der Waals surface area contributed by atoms with Crippen molar-refractivity contribution in [2.24, 2.45) is 23.2 Å². The third kappa shape index (κ3) is 1.97. The van der Waals surface area contributed by atoms with Crippen molar-refractivity contribution in [3.63, 3.8) is 0 Å². The zero-order chi connectivity index (χ0) is 14.7. The van der Waals surface area contributed by atoms with Gasteiger partial charge >= 0.3 is 0 Å². The van der Waals surface area contributed by atoms with Crippen molar-refractivity contribution in [2.75, 3.05) is 0 Å². The molecule has 1 unspecified atom stereocenters. The van der Waals surface area contributed by atoms with Crippen LogP contribution >= 0.6 is 15.9 Å². The first-order chi connectivity index (χ1) is 10.7. The first-order valence-corrected chi connectivity index (χ1v) is 9.28. The van der Waals surface area contributed by atoms with Crippen molar-refractivity contribution in [3.8, 4) is 0 Å². The van der Waals surface area contributed by atoms with Crippen LogP contribution in [0, 0.1) is 23.2 Å². The molecule has 3 heteroatoms. The summed E-state index contributed by atoms with van der Waals surface area (Å²) in [6.45, 7) is 0. The van der Waals surface area contributed by atoms with Crippen molar-refractivity contribution in [1.82, 2.24) is 0 Å². The molecule has 0 amide bonds. The second kappa shape index (κ2) is 4.77. The van der Waals surface area contributed by atoms with Crippen LogP contribution in [0.3, 0.4) is 0 Å². The molecule has 1 aromatic carbocycles. The Balaban J connectivity index is 1.40. The molecule has 116 valence electrons. The van der Waals surface area contributed by atoms with Gasteiger partial charge in [-0.05, 0) is 62.3 Å². The lowest BCUT2D eigenvalue weighted by Crippen LogP contribution is -2.47. The number of allylic oxidation sites excluding steroid dienone is 1. The standard InChI is InChI=1S/C19H21BrO2/c20-16-4-2-1-3-15(16)18-21-11-17(22-18)19-8-12-5-13(9-19)7-14(6-12)10-19/h1-4,11-14,18H,5-10H2. The second-order valence-electron chi connectivity index (χ2n) is 7.79. The van der Waals surface area contributed by atoms with E-state index in [2.05, 4.69) is 22.0 Å². The Morgan fingerprint density at radius 1 is 0.955 bits per heavy atom. The van der Waals surface area contributed by atoms with E-state index in [1.165, 1.54) is 38.5 Å². The molecule has 4 fully saturated rings. The van der Waals surface area contributed by atoms with Gasteiger partial charge in [-0.2, -0.15) is 0 Å². The van der Waals surface area contributed by atoms with Gasteiger partial charge < -0.3 is 9.47 Å². The van der Waals surface area contributed by atoms with Gasteiger partial charge in [0.2, 0.25) is 0 Å². The molecule has 0 saturated heterocycles. The number of hydrogen-bond acceptors (Lipinski definition) is 2. The molecule has 4 saturated carbocycles. The summed E-state index contributed by atoms with van der Waals surface area (Å²) in [5, 5.41) is 0. The van der Waals surface area contributed by atoms with E-state index < -0.39 is 0 Å². The summed E-state index contributed by atoms with van der Waals surface area (Å²) in [7, 11) is 0. The van der Waals surface area contributed by atoms with Gasteiger partial charge in [0.25, 0.3) is 6.29 Å². The molecule has 6 rings (SSSR count). The van der Waals surface area contributed by atoms with E-state index in [4.69, 9.17) is 9.47 Å².